The van der Waals surface area contributed by atoms with Crippen LogP contribution in [0.5, 0.6) is 0 Å². The van der Waals surface area contributed by atoms with Crippen LogP contribution in [0.2, 0.25) is 0 Å². The first-order chi connectivity index (χ1) is 14.1. The second-order valence-electron chi connectivity index (χ2n) is 7.55. The summed E-state index contributed by atoms with van der Waals surface area (Å²) in [6.45, 7) is 4.26. The number of rotatable bonds is 5. The molecule has 1 N–H and O–H groups in total. The predicted octanol–water partition coefficient (Wildman–Crippen LogP) is 6.25. The molecule has 4 aromatic rings. The molecular formula is C27H27N2+. The largest absolute Gasteiger partial charge is 0.345 e. The lowest BCUT2D eigenvalue weighted by molar-refractivity contribution is -0.681. The minimum absolute atomic E-state index is 1.17. The van der Waals surface area contributed by atoms with Gasteiger partial charge in [0.05, 0.1) is 0 Å². The Balaban J connectivity index is 1.71. The third kappa shape index (κ3) is 4.23. The maximum absolute atomic E-state index is 2.23. The molecule has 2 nitrogen and oxygen atoms in total. The minimum atomic E-state index is 1.17. The van der Waals surface area contributed by atoms with Gasteiger partial charge in [-0.2, -0.15) is 0 Å². The van der Waals surface area contributed by atoms with Crippen molar-refractivity contribution in [1.82, 2.24) is 0 Å². The Morgan fingerprint density at radius 1 is 0.483 bits per heavy atom. The molecule has 0 bridgehead atoms. The van der Waals surface area contributed by atoms with E-state index in [0.29, 0.717) is 0 Å². The van der Waals surface area contributed by atoms with Crippen molar-refractivity contribution < 1.29 is 4.90 Å². The van der Waals surface area contributed by atoms with E-state index < -0.39 is 0 Å². The van der Waals surface area contributed by atoms with Crippen molar-refractivity contribution in [2.75, 3.05) is 11.9 Å². The Morgan fingerprint density at radius 3 is 1.31 bits per heavy atom. The number of aryl methyl sites for hydroxylation is 2. The van der Waals surface area contributed by atoms with Gasteiger partial charge in [-0.3, -0.25) is 0 Å². The zero-order valence-electron chi connectivity index (χ0n) is 17.3. The van der Waals surface area contributed by atoms with E-state index >= 15 is 0 Å². The van der Waals surface area contributed by atoms with Gasteiger partial charge >= 0.3 is 0 Å². The van der Waals surface area contributed by atoms with E-state index in [0.717, 1.165) is 0 Å². The summed E-state index contributed by atoms with van der Waals surface area (Å²) in [5, 5.41) is 0. The zero-order valence-corrected chi connectivity index (χ0v) is 17.3. The highest BCUT2D eigenvalue weighted by Crippen LogP contribution is 2.25. The van der Waals surface area contributed by atoms with Crippen molar-refractivity contribution >= 4 is 28.4 Å². The molecule has 0 amide bonds. The number of quaternary nitrogens is 1. The van der Waals surface area contributed by atoms with Gasteiger partial charge in [-0.05, 0) is 38.1 Å². The molecule has 0 spiro atoms. The van der Waals surface area contributed by atoms with Crippen LogP contribution in [0.4, 0.5) is 28.4 Å². The molecule has 0 aliphatic rings. The average Bonchev–Trinajstić information content (AvgIpc) is 2.77. The molecule has 0 heterocycles. The van der Waals surface area contributed by atoms with Gasteiger partial charge in [0.25, 0.3) is 0 Å². The summed E-state index contributed by atoms with van der Waals surface area (Å²) in [4.78, 5) is 3.47. The molecule has 0 radical (unpaired) electrons. The monoisotopic (exact) mass is 379 g/mol. The zero-order chi connectivity index (χ0) is 20.2. The van der Waals surface area contributed by atoms with Crippen LogP contribution < -0.4 is 9.80 Å². The number of para-hydroxylation sites is 1. The molecule has 0 aromatic heterocycles. The van der Waals surface area contributed by atoms with E-state index in [1.165, 1.54) is 44.5 Å². The lowest BCUT2D eigenvalue weighted by atomic mass is 10.1. The van der Waals surface area contributed by atoms with Crippen LogP contribution in [0, 0.1) is 13.8 Å². The summed E-state index contributed by atoms with van der Waals surface area (Å²) in [6, 6.07) is 36.9. The Bertz CT molecular complexity index is 1000. The first-order valence-corrected chi connectivity index (χ1v) is 10.0. The van der Waals surface area contributed by atoms with Crippen LogP contribution >= 0.6 is 0 Å². The van der Waals surface area contributed by atoms with Crippen LogP contribution in [0.1, 0.15) is 11.1 Å². The molecule has 4 rings (SSSR count). The summed E-state index contributed by atoms with van der Waals surface area (Å²) in [7, 11) is 2.11. The molecule has 0 atom stereocenters. The Morgan fingerprint density at radius 2 is 0.862 bits per heavy atom. The molecule has 144 valence electrons. The first kappa shape index (κ1) is 19.0. The molecule has 29 heavy (non-hydrogen) atoms. The van der Waals surface area contributed by atoms with E-state index in [4.69, 9.17) is 0 Å². The van der Waals surface area contributed by atoms with Crippen LogP contribution in [0.3, 0.4) is 0 Å². The molecule has 2 heteroatoms. The lowest BCUT2D eigenvalue weighted by Gasteiger charge is -2.22. The third-order valence-corrected chi connectivity index (χ3v) is 5.37. The summed E-state index contributed by atoms with van der Waals surface area (Å²) in [5.74, 6) is 0. The SMILES string of the molecule is Cc1ccc([NH+](c2ccc(C)cc2)c2ccc(N(C)c3ccccc3)cc2)cc1. The van der Waals surface area contributed by atoms with E-state index in [1.807, 2.05) is 6.07 Å². The highest BCUT2D eigenvalue weighted by molar-refractivity contribution is 5.64. The van der Waals surface area contributed by atoms with Gasteiger partial charge in [0.2, 0.25) is 0 Å². The van der Waals surface area contributed by atoms with Crippen LogP contribution in [-0.4, -0.2) is 7.05 Å². The molecular weight excluding hydrogens is 352 g/mol. The Kier molecular flexibility index (Phi) is 5.46. The summed E-state index contributed by atoms with van der Waals surface area (Å²) in [6.07, 6.45) is 0. The van der Waals surface area contributed by atoms with Crippen molar-refractivity contribution in [2.24, 2.45) is 0 Å². The Labute approximate surface area is 173 Å². The topological polar surface area (TPSA) is 7.68 Å². The molecule has 0 fully saturated rings. The number of anilines is 2. The quantitative estimate of drug-likeness (QED) is 0.430. The normalized spacial score (nSPS) is 10.9. The van der Waals surface area contributed by atoms with Crippen molar-refractivity contribution in [1.29, 1.82) is 0 Å². The van der Waals surface area contributed by atoms with Gasteiger partial charge in [0, 0.05) is 54.8 Å². The van der Waals surface area contributed by atoms with Crippen LogP contribution in [0.25, 0.3) is 0 Å². The highest BCUT2D eigenvalue weighted by Gasteiger charge is 2.19. The van der Waals surface area contributed by atoms with E-state index in [2.05, 4.69) is 123 Å². The summed E-state index contributed by atoms with van der Waals surface area (Å²) in [5.41, 5.74) is 8.61. The fourth-order valence-corrected chi connectivity index (χ4v) is 3.59. The van der Waals surface area contributed by atoms with E-state index in [1.54, 1.807) is 0 Å². The average molecular weight is 380 g/mol. The summed E-state index contributed by atoms with van der Waals surface area (Å²) >= 11 is 0. The minimum Gasteiger partial charge on any atom is -0.345 e. The smallest absolute Gasteiger partial charge is 0.141 e. The number of nitrogens with one attached hydrogen (secondary N) is 1. The van der Waals surface area contributed by atoms with Gasteiger partial charge in [-0.1, -0.05) is 53.6 Å². The standard InChI is InChI=1S/C27H26N2/c1-21-9-13-25(14-10-21)29(26-15-11-22(2)12-16-26)27-19-17-24(18-20-27)28(3)23-7-5-4-6-8-23/h4-20H,1-3H3/p+1. The fraction of sp³-hybridized carbons (Fsp3) is 0.111. The van der Waals surface area contributed by atoms with Crippen LogP contribution in [-0.2, 0) is 0 Å². The van der Waals surface area contributed by atoms with Crippen molar-refractivity contribution in [2.45, 2.75) is 13.8 Å². The van der Waals surface area contributed by atoms with Gasteiger partial charge in [0.1, 0.15) is 17.1 Å². The van der Waals surface area contributed by atoms with Crippen molar-refractivity contribution in [3.05, 3.63) is 114 Å². The second kappa shape index (κ2) is 8.34. The number of hydrogen-bond donors (Lipinski definition) is 1. The lowest BCUT2D eigenvalue weighted by Crippen LogP contribution is -2.96. The van der Waals surface area contributed by atoms with Gasteiger partial charge in [0.15, 0.2) is 0 Å². The van der Waals surface area contributed by atoms with Crippen molar-refractivity contribution in [3.8, 4) is 0 Å². The van der Waals surface area contributed by atoms with Crippen molar-refractivity contribution in [3.63, 3.8) is 0 Å². The number of nitrogens with zero attached hydrogens (tertiary/aromatic N) is 1. The highest BCUT2D eigenvalue weighted by atomic mass is 15.1. The molecule has 0 saturated heterocycles. The Hall–Kier alpha value is -3.36. The second-order valence-corrected chi connectivity index (χ2v) is 7.55. The number of benzene rings is 4. The maximum atomic E-state index is 2.23. The van der Waals surface area contributed by atoms with Crippen LogP contribution in [0.15, 0.2) is 103 Å². The van der Waals surface area contributed by atoms with Gasteiger partial charge in [-0.15, -0.1) is 0 Å². The van der Waals surface area contributed by atoms with Gasteiger partial charge in [-0.25, -0.2) is 4.90 Å². The summed E-state index contributed by atoms with van der Waals surface area (Å²) < 4.78 is 0. The number of hydrogen-bond acceptors (Lipinski definition) is 1. The molecule has 0 saturated carbocycles. The molecule has 4 aromatic carbocycles. The van der Waals surface area contributed by atoms with Gasteiger partial charge < -0.3 is 4.90 Å². The molecule has 0 aliphatic heterocycles. The first-order valence-electron chi connectivity index (χ1n) is 10.0. The molecule has 0 unspecified atom stereocenters. The van der Waals surface area contributed by atoms with E-state index in [-0.39, 0.29) is 0 Å². The predicted molar refractivity (Wildman–Crippen MR) is 123 cm³/mol. The molecule has 0 aliphatic carbocycles. The maximum Gasteiger partial charge on any atom is 0.141 e. The fourth-order valence-electron chi connectivity index (χ4n) is 3.59. The third-order valence-electron chi connectivity index (χ3n) is 5.37. The van der Waals surface area contributed by atoms with E-state index in [9.17, 15) is 0 Å².